The average Bonchev–Trinajstić information content (AvgIpc) is 2.59. The summed E-state index contributed by atoms with van der Waals surface area (Å²) in [4.78, 5) is 11.8. The van der Waals surface area contributed by atoms with Crippen molar-refractivity contribution in [3.63, 3.8) is 0 Å². The van der Waals surface area contributed by atoms with Crippen LogP contribution in [0.25, 0.3) is 0 Å². The molecule has 0 aromatic heterocycles. The lowest BCUT2D eigenvalue weighted by Gasteiger charge is -2.18. The summed E-state index contributed by atoms with van der Waals surface area (Å²) in [6, 6.07) is 9.93. The molecule has 2 aromatic carbocycles. The van der Waals surface area contributed by atoms with Crippen molar-refractivity contribution in [3.8, 4) is 11.5 Å². The smallest absolute Gasteiger partial charge is 0.417 e. The summed E-state index contributed by atoms with van der Waals surface area (Å²) < 4.78 is 49.2. The van der Waals surface area contributed by atoms with E-state index in [9.17, 15) is 23.1 Å². The average molecular weight is 354 g/mol. The zero-order valence-electron chi connectivity index (χ0n) is 13.7. The topological polar surface area (TPSA) is 55.8 Å². The highest BCUT2D eigenvalue weighted by Gasteiger charge is 2.39. The number of phenolic OH excluding ortho intramolecular Hbond substituents is 1. The van der Waals surface area contributed by atoms with Crippen LogP contribution < -0.4 is 4.74 Å². The summed E-state index contributed by atoms with van der Waals surface area (Å²) in [5.41, 5.74) is -1.14. The molecule has 7 heteroatoms. The molecule has 134 valence electrons. The molecule has 0 amide bonds. The molecule has 0 fully saturated rings. The molecule has 0 aliphatic carbocycles. The van der Waals surface area contributed by atoms with Crippen molar-refractivity contribution in [1.82, 2.24) is 0 Å². The third-order valence-electron chi connectivity index (χ3n) is 3.79. The van der Waals surface area contributed by atoms with Crippen LogP contribution in [0.3, 0.4) is 0 Å². The Balaban J connectivity index is 2.53. The fraction of sp³-hybridized carbons (Fsp3) is 0.278. The number of esters is 1. The molecule has 1 N–H and O–H groups in total. The Labute approximate surface area is 142 Å². The minimum absolute atomic E-state index is 0.125. The predicted molar refractivity (Wildman–Crippen MR) is 84.9 cm³/mol. The second-order valence-corrected chi connectivity index (χ2v) is 5.30. The van der Waals surface area contributed by atoms with Crippen molar-refractivity contribution >= 4 is 5.97 Å². The van der Waals surface area contributed by atoms with E-state index < -0.39 is 29.0 Å². The molecule has 25 heavy (non-hydrogen) atoms. The van der Waals surface area contributed by atoms with E-state index in [0.29, 0.717) is 12.5 Å². The summed E-state index contributed by atoms with van der Waals surface area (Å²) >= 11 is 0. The van der Waals surface area contributed by atoms with Crippen LogP contribution in [0.1, 0.15) is 27.0 Å². The number of alkyl halides is 3. The van der Waals surface area contributed by atoms with Gasteiger partial charge in [0.1, 0.15) is 17.1 Å². The Morgan fingerprint density at radius 3 is 2.28 bits per heavy atom. The maximum Gasteiger partial charge on any atom is 0.417 e. The molecule has 0 aliphatic rings. The van der Waals surface area contributed by atoms with Crippen LogP contribution in [0, 0.1) is 0 Å². The van der Waals surface area contributed by atoms with Crippen molar-refractivity contribution in [2.45, 2.75) is 19.0 Å². The number of carbonyl (C=O) groups excluding carboxylic acids is 1. The van der Waals surface area contributed by atoms with Crippen LogP contribution in [0.4, 0.5) is 13.2 Å². The van der Waals surface area contributed by atoms with Crippen LogP contribution in [0.5, 0.6) is 11.5 Å². The fourth-order valence-corrected chi connectivity index (χ4v) is 2.56. The molecule has 4 nitrogen and oxygen atoms in total. The van der Waals surface area contributed by atoms with Gasteiger partial charge in [-0.15, -0.1) is 0 Å². The molecule has 0 radical (unpaired) electrons. The van der Waals surface area contributed by atoms with E-state index in [1.807, 2.05) is 30.3 Å². The van der Waals surface area contributed by atoms with E-state index in [4.69, 9.17) is 4.74 Å². The fourth-order valence-electron chi connectivity index (χ4n) is 2.56. The van der Waals surface area contributed by atoms with Gasteiger partial charge in [-0.05, 0) is 24.5 Å². The minimum atomic E-state index is -4.84. The number of phenols is 1. The molecule has 0 heterocycles. The zero-order valence-corrected chi connectivity index (χ0v) is 13.7. The number of carbonyl (C=O) groups is 1. The Morgan fingerprint density at radius 2 is 1.76 bits per heavy atom. The first kappa shape index (κ1) is 18.6. The van der Waals surface area contributed by atoms with Gasteiger partial charge in [-0.2, -0.15) is 13.2 Å². The molecule has 2 rings (SSSR count). The highest BCUT2D eigenvalue weighted by Crippen LogP contribution is 2.42. The lowest BCUT2D eigenvalue weighted by molar-refractivity contribution is -0.138. The normalized spacial score (nSPS) is 11.2. The van der Waals surface area contributed by atoms with Crippen molar-refractivity contribution < 1.29 is 32.5 Å². The Hall–Kier alpha value is -2.70. The van der Waals surface area contributed by atoms with Gasteiger partial charge in [-0.3, -0.25) is 0 Å². The first-order valence-corrected chi connectivity index (χ1v) is 7.41. The van der Waals surface area contributed by atoms with Crippen molar-refractivity contribution in [1.29, 1.82) is 0 Å². The SMILES string of the molecule is COC(=O)c1c(C(F)(F)F)cc(OC)c(CCc2ccccc2)c1O. The third kappa shape index (κ3) is 4.04. The van der Waals surface area contributed by atoms with Crippen molar-refractivity contribution in [2.75, 3.05) is 14.2 Å². The third-order valence-corrected chi connectivity index (χ3v) is 3.79. The minimum Gasteiger partial charge on any atom is -0.507 e. The monoisotopic (exact) mass is 354 g/mol. The highest BCUT2D eigenvalue weighted by atomic mass is 19.4. The van der Waals surface area contributed by atoms with Gasteiger partial charge in [0, 0.05) is 5.56 Å². The van der Waals surface area contributed by atoms with E-state index in [2.05, 4.69) is 4.74 Å². The molecule has 0 unspecified atom stereocenters. The van der Waals surface area contributed by atoms with Gasteiger partial charge in [0.15, 0.2) is 0 Å². The Morgan fingerprint density at radius 1 is 1.12 bits per heavy atom. The lowest BCUT2D eigenvalue weighted by Crippen LogP contribution is -2.16. The van der Waals surface area contributed by atoms with Gasteiger partial charge in [-0.1, -0.05) is 30.3 Å². The molecule has 0 spiro atoms. The Kier molecular flexibility index (Phi) is 5.56. The molecule has 2 aromatic rings. The zero-order chi connectivity index (χ0) is 18.6. The molecule has 0 bridgehead atoms. The molecule has 0 atom stereocenters. The predicted octanol–water partition coefficient (Wildman–Crippen LogP) is 3.99. The molecular formula is C18H17F3O4. The summed E-state index contributed by atoms with van der Waals surface area (Å²) in [5, 5.41) is 10.3. The van der Waals surface area contributed by atoms with Crippen LogP contribution in [-0.2, 0) is 23.8 Å². The van der Waals surface area contributed by atoms with Gasteiger partial charge < -0.3 is 14.6 Å². The van der Waals surface area contributed by atoms with E-state index >= 15 is 0 Å². The second-order valence-electron chi connectivity index (χ2n) is 5.30. The maximum atomic E-state index is 13.2. The van der Waals surface area contributed by atoms with Gasteiger partial charge in [0.2, 0.25) is 0 Å². The largest absolute Gasteiger partial charge is 0.507 e. The number of aryl methyl sites for hydroxylation is 1. The number of methoxy groups -OCH3 is 2. The summed E-state index contributed by atoms with van der Waals surface area (Å²) in [7, 11) is 2.16. The second kappa shape index (κ2) is 7.46. The molecular weight excluding hydrogens is 337 g/mol. The summed E-state index contributed by atoms with van der Waals surface area (Å²) in [5.74, 6) is -2.16. The summed E-state index contributed by atoms with van der Waals surface area (Å²) in [6.45, 7) is 0. The van der Waals surface area contributed by atoms with Gasteiger partial charge in [0.25, 0.3) is 0 Å². The quantitative estimate of drug-likeness (QED) is 0.825. The number of hydrogen-bond acceptors (Lipinski definition) is 4. The first-order chi connectivity index (χ1) is 11.8. The number of halogens is 3. The van der Waals surface area contributed by atoms with Crippen LogP contribution in [0.15, 0.2) is 36.4 Å². The highest BCUT2D eigenvalue weighted by molar-refractivity contribution is 5.95. The van der Waals surface area contributed by atoms with Crippen LogP contribution in [-0.4, -0.2) is 25.3 Å². The van der Waals surface area contributed by atoms with Gasteiger partial charge >= 0.3 is 12.1 Å². The number of ether oxygens (including phenoxy) is 2. The summed E-state index contributed by atoms with van der Waals surface area (Å²) in [6.07, 6.45) is -4.19. The molecule has 0 saturated heterocycles. The van der Waals surface area contributed by atoms with Crippen molar-refractivity contribution in [2.24, 2.45) is 0 Å². The van der Waals surface area contributed by atoms with Crippen molar-refractivity contribution in [3.05, 3.63) is 58.7 Å². The standard InChI is InChI=1S/C18H17F3O4/c1-24-14-10-13(18(19,20)21)15(17(23)25-2)16(22)12(14)9-8-11-6-4-3-5-7-11/h3-7,10,22H,8-9H2,1-2H3. The Bertz CT molecular complexity index is 755. The van der Waals surface area contributed by atoms with Gasteiger partial charge in [0.05, 0.1) is 19.8 Å². The number of rotatable bonds is 5. The first-order valence-electron chi connectivity index (χ1n) is 7.41. The van der Waals surface area contributed by atoms with E-state index in [1.54, 1.807) is 0 Å². The molecule has 0 saturated carbocycles. The lowest BCUT2D eigenvalue weighted by atomic mass is 9.96. The van der Waals surface area contributed by atoms with E-state index in [1.165, 1.54) is 7.11 Å². The number of hydrogen-bond donors (Lipinski definition) is 1. The van der Waals surface area contributed by atoms with Crippen LogP contribution in [0.2, 0.25) is 0 Å². The number of aromatic hydroxyl groups is 1. The number of benzene rings is 2. The van der Waals surface area contributed by atoms with Crippen LogP contribution >= 0.6 is 0 Å². The van der Waals surface area contributed by atoms with Gasteiger partial charge in [-0.25, -0.2) is 4.79 Å². The molecule has 0 aliphatic heterocycles. The maximum absolute atomic E-state index is 13.2. The van der Waals surface area contributed by atoms with E-state index in [0.717, 1.165) is 12.7 Å². The van der Waals surface area contributed by atoms with E-state index in [-0.39, 0.29) is 17.7 Å².